The average Bonchev–Trinajstić information content (AvgIpc) is 3.17. The van der Waals surface area contributed by atoms with E-state index in [2.05, 4.69) is 30.3 Å². The smallest absolute Gasteiger partial charge is 0.0797 e. The number of benzene rings is 1. The summed E-state index contributed by atoms with van der Waals surface area (Å²) >= 11 is 1.93. The van der Waals surface area contributed by atoms with E-state index < -0.39 is 5.60 Å². The van der Waals surface area contributed by atoms with E-state index in [0.717, 1.165) is 12.8 Å². The first-order valence-corrected chi connectivity index (χ1v) is 8.52. The molecule has 3 rings (SSSR count). The molecule has 2 aliphatic rings. The van der Waals surface area contributed by atoms with Crippen molar-refractivity contribution in [1.82, 2.24) is 0 Å². The molecule has 0 spiro atoms. The molecule has 1 aromatic rings. The Hall–Kier alpha value is -0.470. The lowest BCUT2D eigenvalue weighted by molar-refractivity contribution is 0.00479. The maximum absolute atomic E-state index is 11.2. The van der Waals surface area contributed by atoms with Crippen molar-refractivity contribution in [1.29, 1.82) is 0 Å². The van der Waals surface area contributed by atoms with E-state index in [1.54, 1.807) is 0 Å². The highest BCUT2D eigenvalue weighted by atomic mass is 32.2. The van der Waals surface area contributed by atoms with Gasteiger partial charge in [0.1, 0.15) is 0 Å². The summed E-state index contributed by atoms with van der Waals surface area (Å²) in [6.45, 7) is 0. The third-order valence-corrected chi connectivity index (χ3v) is 6.48. The molecule has 0 heterocycles. The summed E-state index contributed by atoms with van der Waals surface area (Å²) in [5.74, 6) is 0. The monoisotopic (exact) mass is 276 g/mol. The van der Waals surface area contributed by atoms with Crippen molar-refractivity contribution >= 4 is 11.8 Å². The van der Waals surface area contributed by atoms with Gasteiger partial charge in [0.05, 0.1) is 5.60 Å². The maximum Gasteiger partial charge on any atom is 0.0797 e. The zero-order valence-corrected chi connectivity index (χ0v) is 12.4. The van der Waals surface area contributed by atoms with Crippen LogP contribution in [-0.2, 0) is 0 Å². The standard InChI is InChI=1S/C17H24OS/c18-16(11-7-2-1-3-8-12-16)17(13-14-17)19-15-9-5-4-6-10-15/h4-6,9-10,18H,1-3,7-8,11-14H2. The molecule has 2 fully saturated rings. The molecule has 0 radical (unpaired) electrons. The second-order valence-electron chi connectivity index (χ2n) is 6.21. The van der Waals surface area contributed by atoms with Crippen LogP contribution in [0.3, 0.4) is 0 Å². The van der Waals surface area contributed by atoms with Crippen LogP contribution in [0.2, 0.25) is 0 Å². The Morgan fingerprint density at radius 3 is 1.95 bits per heavy atom. The molecule has 1 nitrogen and oxygen atoms in total. The Morgan fingerprint density at radius 1 is 0.789 bits per heavy atom. The predicted molar refractivity (Wildman–Crippen MR) is 81.5 cm³/mol. The molecular weight excluding hydrogens is 252 g/mol. The SMILES string of the molecule is OC1(C2(Sc3ccccc3)CC2)CCCCCCC1. The molecule has 0 aromatic heterocycles. The predicted octanol–water partition coefficient (Wildman–Crippen LogP) is 4.79. The fourth-order valence-corrected chi connectivity index (χ4v) is 4.88. The van der Waals surface area contributed by atoms with Crippen molar-refractivity contribution in [2.45, 2.75) is 73.0 Å². The maximum atomic E-state index is 11.2. The summed E-state index contributed by atoms with van der Waals surface area (Å²) in [7, 11) is 0. The Labute approximate surface area is 120 Å². The van der Waals surface area contributed by atoms with Gasteiger partial charge in [0.25, 0.3) is 0 Å². The van der Waals surface area contributed by atoms with Gasteiger partial charge in [-0.1, -0.05) is 50.3 Å². The van der Waals surface area contributed by atoms with Gasteiger partial charge in [-0.25, -0.2) is 0 Å². The van der Waals surface area contributed by atoms with Crippen molar-refractivity contribution in [3.8, 4) is 0 Å². The molecule has 1 N–H and O–H groups in total. The molecule has 19 heavy (non-hydrogen) atoms. The fourth-order valence-electron chi connectivity index (χ4n) is 3.44. The summed E-state index contributed by atoms with van der Waals surface area (Å²) in [5.41, 5.74) is -0.423. The van der Waals surface area contributed by atoms with Crippen molar-refractivity contribution in [2.75, 3.05) is 0 Å². The summed E-state index contributed by atoms with van der Waals surface area (Å²) in [6, 6.07) is 10.6. The summed E-state index contributed by atoms with van der Waals surface area (Å²) in [6.07, 6.45) is 10.7. The minimum absolute atomic E-state index is 0.117. The second-order valence-corrected chi connectivity index (χ2v) is 7.67. The number of rotatable bonds is 3. The normalized spacial score (nSPS) is 25.3. The van der Waals surface area contributed by atoms with Crippen molar-refractivity contribution in [3.63, 3.8) is 0 Å². The number of hydrogen-bond donors (Lipinski definition) is 1. The third kappa shape index (κ3) is 2.85. The van der Waals surface area contributed by atoms with Gasteiger partial charge in [0.2, 0.25) is 0 Å². The van der Waals surface area contributed by atoms with Gasteiger partial charge in [0, 0.05) is 9.64 Å². The molecule has 2 heteroatoms. The summed E-state index contributed by atoms with van der Waals surface area (Å²) < 4.78 is 0.117. The number of aliphatic hydroxyl groups is 1. The van der Waals surface area contributed by atoms with Crippen LogP contribution < -0.4 is 0 Å². The van der Waals surface area contributed by atoms with Gasteiger partial charge in [0.15, 0.2) is 0 Å². The van der Waals surface area contributed by atoms with E-state index in [1.807, 2.05) is 11.8 Å². The largest absolute Gasteiger partial charge is 0.388 e. The molecule has 0 aliphatic heterocycles. The molecule has 0 unspecified atom stereocenters. The lowest BCUT2D eigenvalue weighted by Gasteiger charge is -2.38. The molecule has 104 valence electrons. The molecule has 0 saturated heterocycles. The Bertz CT molecular complexity index is 403. The minimum atomic E-state index is -0.423. The van der Waals surface area contributed by atoms with E-state index in [4.69, 9.17) is 0 Å². The molecule has 2 aliphatic carbocycles. The van der Waals surface area contributed by atoms with Crippen molar-refractivity contribution in [3.05, 3.63) is 30.3 Å². The van der Waals surface area contributed by atoms with Crippen molar-refractivity contribution < 1.29 is 5.11 Å². The molecular formula is C17H24OS. The highest BCUT2D eigenvalue weighted by Crippen LogP contribution is 2.61. The van der Waals surface area contributed by atoms with Gasteiger partial charge in [-0.2, -0.15) is 0 Å². The fraction of sp³-hybridized carbons (Fsp3) is 0.647. The van der Waals surface area contributed by atoms with Crippen molar-refractivity contribution in [2.24, 2.45) is 0 Å². The molecule has 0 amide bonds. The van der Waals surface area contributed by atoms with E-state index in [-0.39, 0.29) is 4.75 Å². The molecule has 2 saturated carbocycles. The van der Waals surface area contributed by atoms with Gasteiger partial charge in [-0.3, -0.25) is 0 Å². The summed E-state index contributed by atoms with van der Waals surface area (Å²) in [4.78, 5) is 1.32. The third-order valence-electron chi connectivity index (χ3n) is 4.79. The molecule has 0 atom stereocenters. The van der Waals surface area contributed by atoms with E-state index in [0.29, 0.717) is 0 Å². The van der Waals surface area contributed by atoms with Crippen LogP contribution >= 0.6 is 11.8 Å². The quantitative estimate of drug-likeness (QED) is 0.856. The van der Waals surface area contributed by atoms with Crippen LogP contribution in [0.4, 0.5) is 0 Å². The zero-order chi connectivity index (χ0) is 13.2. The average molecular weight is 276 g/mol. The van der Waals surface area contributed by atoms with Crippen LogP contribution in [0.1, 0.15) is 57.8 Å². The Kier molecular flexibility index (Phi) is 3.91. The summed E-state index contributed by atoms with van der Waals surface area (Å²) in [5, 5.41) is 11.2. The topological polar surface area (TPSA) is 20.2 Å². The zero-order valence-electron chi connectivity index (χ0n) is 11.6. The van der Waals surface area contributed by atoms with Crippen LogP contribution in [-0.4, -0.2) is 15.5 Å². The lowest BCUT2D eigenvalue weighted by atomic mass is 9.83. The van der Waals surface area contributed by atoms with Crippen LogP contribution in [0.5, 0.6) is 0 Å². The minimum Gasteiger partial charge on any atom is -0.388 e. The Morgan fingerprint density at radius 2 is 1.37 bits per heavy atom. The highest BCUT2D eigenvalue weighted by molar-refractivity contribution is 8.01. The van der Waals surface area contributed by atoms with E-state index in [9.17, 15) is 5.11 Å². The first-order valence-electron chi connectivity index (χ1n) is 7.71. The van der Waals surface area contributed by atoms with Crippen LogP contribution in [0.25, 0.3) is 0 Å². The molecule has 1 aromatic carbocycles. The highest BCUT2D eigenvalue weighted by Gasteiger charge is 2.58. The number of thioether (sulfide) groups is 1. The number of hydrogen-bond acceptors (Lipinski definition) is 2. The van der Waals surface area contributed by atoms with Crippen LogP contribution in [0.15, 0.2) is 35.2 Å². The van der Waals surface area contributed by atoms with Gasteiger partial charge in [-0.05, 0) is 37.8 Å². The van der Waals surface area contributed by atoms with E-state index >= 15 is 0 Å². The van der Waals surface area contributed by atoms with Gasteiger partial charge < -0.3 is 5.11 Å². The molecule has 0 bridgehead atoms. The van der Waals surface area contributed by atoms with E-state index in [1.165, 1.54) is 49.8 Å². The Balaban J connectivity index is 1.75. The lowest BCUT2D eigenvalue weighted by Crippen LogP contribution is -2.42. The van der Waals surface area contributed by atoms with Gasteiger partial charge in [-0.15, -0.1) is 11.8 Å². The first-order chi connectivity index (χ1) is 9.24. The van der Waals surface area contributed by atoms with Gasteiger partial charge >= 0.3 is 0 Å². The second kappa shape index (κ2) is 5.49. The first kappa shape index (κ1) is 13.5. The van der Waals surface area contributed by atoms with Crippen LogP contribution in [0, 0.1) is 0 Å².